The molecule has 0 saturated heterocycles. The highest BCUT2D eigenvalue weighted by Crippen LogP contribution is 2.26. The number of imide groups is 1. The summed E-state index contributed by atoms with van der Waals surface area (Å²) in [6, 6.07) is 38.4. The molecule has 19 heteroatoms. The molecule has 0 fully saturated rings. The zero-order valence-electron chi connectivity index (χ0n) is 42.0. The molecule has 0 atom stereocenters. The second-order valence-electron chi connectivity index (χ2n) is 17.8. The summed E-state index contributed by atoms with van der Waals surface area (Å²) < 4.78 is 10.4. The lowest BCUT2D eigenvalue weighted by atomic mass is 10.1. The third kappa shape index (κ3) is 13.5. The van der Waals surface area contributed by atoms with Gasteiger partial charge in [0.05, 0.1) is 13.2 Å². The van der Waals surface area contributed by atoms with E-state index in [0.717, 1.165) is 63.5 Å². The Hall–Kier alpha value is -9.52. The largest absolute Gasteiger partial charge is 0.506 e. The van der Waals surface area contributed by atoms with Gasteiger partial charge in [0.2, 0.25) is 0 Å². The van der Waals surface area contributed by atoms with Gasteiger partial charge in [0.1, 0.15) is 67.4 Å². The van der Waals surface area contributed by atoms with E-state index < -0.39 is 5.97 Å². The highest BCUT2D eigenvalue weighted by molar-refractivity contribution is 6.12. The lowest BCUT2D eigenvalue weighted by Crippen LogP contribution is -2.30. The quantitative estimate of drug-likeness (QED) is 0.0315. The van der Waals surface area contributed by atoms with Crippen molar-refractivity contribution in [1.82, 2.24) is 49.9 Å². The number of phenols is 3. The molecule has 2 amide bonds. The Morgan fingerprint density at radius 1 is 0.513 bits per heavy atom. The summed E-state index contributed by atoms with van der Waals surface area (Å²) in [6.07, 6.45) is 7.88. The van der Waals surface area contributed by atoms with E-state index in [9.17, 15) is 34.5 Å². The van der Waals surface area contributed by atoms with Crippen LogP contribution in [0.2, 0.25) is 0 Å². The number of phenolic OH excluding ortho intramolecular Hbond substituents is 3. The Kier molecular flexibility index (Phi) is 17.3. The van der Waals surface area contributed by atoms with E-state index in [-0.39, 0.29) is 54.7 Å². The average molecular weight is 1030 g/mol. The molecule has 19 nitrogen and oxygen atoms in total. The number of unbranched alkanes of at least 4 members (excludes halogenated alkanes) is 2. The van der Waals surface area contributed by atoms with Gasteiger partial charge in [0.15, 0.2) is 0 Å². The predicted octanol–water partition coefficient (Wildman–Crippen LogP) is 8.56. The second-order valence-corrected chi connectivity index (χ2v) is 17.8. The van der Waals surface area contributed by atoms with Crippen LogP contribution in [0, 0.1) is 0 Å². The maximum Gasteiger partial charge on any atom is 0.333 e. The molecular weight excluding hydrogens is 969 g/mol. The van der Waals surface area contributed by atoms with Crippen LogP contribution < -0.4 is 0 Å². The number of benzene rings is 6. The van der Waals surface area contributed by atoms with Crippen LogP contribution in [0.15, 0.2) is 152 Å². The number of carbonyl (C=O) groups is 4. The van der Waals surface area contributed by atoms with Crippen molar-refractivity contribution in [3.63, 3.8) is 0 Å². The molecule has 0 unspecified atom stereocenters. The Bertz CT molecular complexity index is 3460. The molecule has 388 valence electrons. The third-order valence-corrected chi connectivity index (χ3v) is 12.0. The number of amides is 2. The number of hydrogen-bond acceptors (Lipinski definition) is 15. The molecule has 9 aromatic rings. The van der Waals surface area contributed by atoms with Crippen LogP contribution in [-0.4, -0.2) is 109 Å². The van der Waals surface area contributed by atoms with Crippen LogP contribution in [0.3, 0.4) is 0 Å². The van der Waals surface area contributed by atoms with Gasteiger partial charge >= 0.3 is 11.9 Å². The summed E-state index contributed by atoms with van der Waals surface area (Å²) in [4.78, 5) is 51.8. The highest BCUT2D eigenvalue weighted by Gasteiger charge is 2.22. The van der Waals surface area contributed by atoms with Gasteiger partial charge < -0.3 is 24.8 Å². The van der Waals surface area contributed by atoms with Crippen LogP contribution in [0.25, 0.3) is 50.2 Å². The lowest BCUT2D eigenvalue weighted by molar-refractivity contribution is -0.144. The number of aromatic hydroxyl groups is 3. The van der Waals surface area contributed by atoms with Crippen molar-refractivity contribution < 1.29 is 44.0 Å². The third-order valence-electron chi connectivity index (χ3n) is 12.0. The lowest BCUT2D eigenvalue weighted by Gasteiger charge is -2.13. The van der Waals surface area contributed by atoms with Crippen molar-refractivity contribution >= 4 is 56.9 Å². The fraction of sp³-hybridized carbons (Fsp3) is 0.228. The number of aryl methyl sites for hydroxylation is 1. The maximum atomic E-state index is 12.0. The maximum absolute atomic E-state index is 12.0. The molecule has 0 saturated carbocycles. The van der Waals surface area contributed by atoms with Gasteiger partial charge in [-0.1, -0.05) is 80.9 Å². The number of aromatic nitrogens is 9. The van der Waals surface area contributed by atoms with Crippen molar-refractivity contribution in [2.45, 2.75) is 65.2 Å². The first-order chi connectivity index (χ1) is 36.8. The topological polar surface area (TPSA) is 243 Å². The van der Waals surface area contributed by atoms with E-state index in [1.54, 1.807) is 49.4 Å². The number of nitrogens with zero attached hydrogens (tertiary/aromatic N) is 10. The van der Waals surface area contributed by atoms with Gasteiger partial charge in [-0.15, -0.1) is 45.0 Å². The van der Waals surface area contributed by atoms with Gasteiger partial charge in [0, 0.05) is 43.5 Å². The Balaban J connectivity index is 0.000000157. The molecule has 0 aliphatic carbocycles. The zero-order valence-corrected chi connectivity index (χ0v) is 42.0. The minimum Gasteiger partial charge on any atom is -0.506 e. The molecule has 1 aliphatic rings. The number of rotatable bonds is 18. The average Bonchev–Trinajstić information content (AvgIpc) is 4.23. The fourth-order valence-electron chi connectivity index (χ4n) is 7.95. The van der Waals surface area contributed by atoms with E-state index in [0.29, 0.717) is 54.9 Å². The second kappa shape index (κ2) is 24.9. The molecule has 0 spiro atoms. The van der Waals surface area contributed by atoms with Crippen molar-refractivity contribution in [2.24, 2.45) is 0 Å². The number of esters is 2. The number of carbonyl (C=O) groups excluding carboxylic acids is 4. The molecule has 3 aromatic heterocycles. The van der Waals surface area contributed by atoms with Gasteiger partial charge in [-0.25, -0.2) is 4.79 Å². The smallest absolute Gasteiger partial charge is 0.333 e. The van der Waals surface area contributed by atoms with Crippen LogP contribution in [0.4, 0.5) is 0 Å². The van der Waals surface area contributed by atoms with Gasteiger partial charge in [-0.05, 0) is 116 Å². The molecule has 76 heavy (non-hydrogen) atoms. The number of ether oxygens (including phenoxy) is 2. The highest BCUT2D eigenvalue weighted by atomic mass is 16.5. The molecule has 1 aliphatic heterocycles. The standard InChI is InChI=1S/C24H24N4O5.C18H17N3O3.C15H15N3O/c29-21-10-9-17(16-20(21)28-25-18-6-3-4-7-19(18)26-28)13-15-33-24(32)8-2-1-5-14-27-22(30)11-12-23(27)31;1-12(2)18(23)24-10-9-13-7-8-17(22)16(11-13)21-19-14-5-3-4-6-15(14)20-21;1-2-5-11-8-9-15(19)14(10-11)18-16-12-6-3-4-7-13(12)17-18/h3-4,6-7,9-12,16,29H,1-2,5,8,13-15H2;3-8,11,22H,1,9-10H2,2H3;3-4,6-10,19H,2,5H2,1H3. The Labute approximate surface area is 436 Å². The fourth-order valence-corrected chi connectivity index (χ4v) is 7.95. The summed E-state index contributed by atoms with van der Waals surface area (Å²) in [7, 11) is 0. The molecule has 0 radical (unpaired) electrons. The predicted molar refractivity (Wildman–Crippen MR) is 284 cm³/mol. The van der Waals surface area contributed by atoms with Crippen molar-refractivity contribution in [3.8, 4) is 34.3 Å². The monoisotopic (exact) mass is 1020 g/mol. The normalized spacial score (nSPS) is 11.9. The summed E-state index contributed by atoms with van der Waals surface area (Å²) in [5.74, 6) is -0.929. The van der Waals surface area contributed by atoms with Crippen molar-refractivity contribution in [2.75, 3.05) is 19.8 Å². The number of hydrogen-bond donors (Lipinski definition) is 3. The zero-order chi connectivity index (χ0) is 53.6. The Morgan fingerprint density at radius 3 is 1.25 bits per heavy atom. The van der Waals surface area contributed by atoms with E-state index in [1.807, 2.05) is 84.9 Å². The van der Waals surface area contributed by atoms with E-state index in [4.69, 9.17) is 9.47 Å². The van der Waals surface area contributed by atoms with Crippen LogP contribution in [0.5, 0.6) is 17.2 Å². The first-order valence-corrected chi connectivity index (χ1v) is 24.8. The van der Waals surface area contributed by atoms with Gasteiger partial charge in [-0.2, -0.15) is 0 Å². The summed E-state index contributed by atoms with van der Waals surface area (Å²) in [5, 5.41) is 56.6. The molecule has 0 bridgehead atoms. The van der Waals surface area contributed by atoms with Crippen molar-refractivity contribution in [3.05, 3.63) is 168 Å². The minimum atomic E-state index is -0.408. The SMILES string of the molecule is C=C(C)C(=O)OCCc1ccc(O)c(-n2nc3ccccc3n2)c1.CCCc1ccc(O)c(-n2nc3ccccc3n2)c1.O=C(CCCCCN1C(=O)C=CC1=O)OCCc1ccc(O)c(-n2nc3ccccc3n2)c1. The molecular formula is C57H56N10O9. The van der Waals surface area contributed by atoms with Crippen LogP contribution >= 0.6 is 0 Å². The molecule has 10 rings (SSSR count). The number of fused-ring (bicyclic) bond motifs is 3. The van der Waals surface area contributed by atoms with E-state index in [1.165, 1.54) is 37.0 Å². The molecule has 4 heterocycles. The summed E-state index contributed by atoms with van der Waals surface area (Å²) in [5.41, 5.74) is 9.49. The molecule has 3 N–H and O–H groups in total. The van der Waals surface area contributed by atoms with E-state index in [2.05, 4.69) is 44.1 Å². The summed E-state index contributed by atoms with van der Waals surface area (Å²) >= 11 is 0. The van der Waals surface area contributed by atoms with Gasteiger partial charge in [-0.3, -0.25) is 19.3 Å². The Morgan fingerprint density at radius 2 is 0.882 bits per heavy atom. The first-order valence-electron chi connectivity index (χ1n) is 24.8. The van der Waals surface area contributed by atoms with Crippen LogP contribution in [-0.2, 0) is 47.9 Å². The van der Waals surface area contributed by atoms with E-state index >= 15 is 0 Å². The van der Waals surface area contributed by atoms with Gasteiger partial charge in [0.25, 0.3) is 11.8 Å². The summed E-state index contributed by atoms with van der Waals surface area (Å²) in [6.45, 7) is 8.10. The van der Waals surface area contributed by atoms with Crippen LogP contribution in [0.1, 0.15) is 62.6 Å². The minimum absolute atomic E-state index is 0.0594. The molecule has 6 aromatic carbocycles. The first kappa shape index (κ1) is 52.8. The van der Waals surface area contributed by atoms with Crippen molar-refractivity contribution in [1.29, 1.82) is 0 Å².